The largest absolute Gasteiger partial charge is 0.366 e. The van der Waals surface area contributed by atoms with Crippen molar-refractivity contribution in [3.05, 3.63) is 64.3 Å². The van der Waals surface area contributed by atoms with Gasteiger partial charge in [0.25, 0.3) is 0 Å². The molecule has 4 heterocycles. The van der Waals surface area contributed by atoms with Gasteiger partial charge in [0.05, 0.1) is 15.7 Å². The highest BCUT2D eigenvalue weighted by molar-refractivity contribution is 7.81. The van der Waals surface area contributed by atoms with E-state index in [1.54, 1.807) is 17.1 Å². The number of hydrogen-bond acceptors (Lipinski definition) is 7. The van der Waals surface area contributed by atoms with Gasteiger partial charge in [-0.25, -0.2) is 4.68 Å². The molecule has 1 unspecified atom stereocenters. The van der Waals surface area contributed by atoms with E-state index in [9.17, 15) is 0 Å². The quantitative estimate of drug-likeness (QED) is 0.394. The van der Waals surface area contributed by atoms with E-state index in [4.69, 9.17) is 35.8 Å². The summed E-state index contributed by atoms with van der Waals surface area (Å²) < 4.78 is 1.79. The maximum absolute atomic E-state index is 6.41. The second-order valence-corrected chi connectivity index (χ2v) is 10.5. The molecule has 1 N–H and O–H groups in total. The highest BCUT2D eigenvalue weighted by atomic mass is 35.5. The normalized spacial score (nSPS) is 16.5. The zero-order valence-electron chi connectivity index (χ0n) is 18.3. The molecule has 1 fully saturated rings. The molecule has 1 aliphatic rings. The Morgan fingerprint density at radius 1 is 1.06 bits per heavy atom. The van der Waals surface area contributed by atoms with E-state index in [0.29, 0.717) is 10.0 Å². The number of tetrazole rings is 1. The summed E-state index contributed by atoms with van der Waals surface area (Å²) in [5.41, 5.74) is 2.95. The second-order valence-electron chi connectivity index (χ2n) is 8.63. The summed E-state index contributed by atoms with van der Waals surface area (Å²) in [5, 5.41) is 14.9. The van der Waals surface area contributed by atoms with Gasteiger partial charge in [0.2, 0.25) is 0 Å². The zero-order chi connectivity index (χ0) is 23.2. The molecule has 33 heavy (non-hydrogen) atoms. The lowest BCUT2D eigenvalue weighted by atomic mass is 10.1. The Labute approximate surface area is 207 Å². The number of hydrogen-bond donors (Lipinski definition) is 2. The van der Waals surface area contributed by atoms with Crippen LogP contribution in [0.25, 0.3) is 10.9 Å². The van der Waals surface area contributed by atoms with Crippen LogP contribution in [0, 0.1) is 0 Å². The minimum absolute atomic E-state index is 0.163. The molecule has 1 saturated heterocycles. The number of halogens is 2. The number of fused-ring (bicyclic) bond motifs is 1. The van der Waals surface area contributed by atoms with Crippen molar-refractivity contribution < 1.29 is 0 Å². The number of thiol groups is 1. The van der Waals surface area contributed by atoms with Crippen LogP contribution in [0.5, 0.6) is 0 Å². The number of nitrogens with zero attached hydrogens (tertiary/aromatic N) is 7. The highest BCUT2D eigenvalue weighted by Gasteiger charge is 2.35. The number of piperazine rings is 1. The number of anilines is 1. The Kier molecular flexibility index (Phi) is 5.98. The third-order valence-corrected chi connectivity index (χ3v) is 6.67. The van der Waals surface area contributed by atoms with E-state index in [0.717, 1.165) is 54.3 Å². The van der Waals surface area contributed by atoms with Crippen LogP contribution in [0.1, 0.15) is 31.4 Å². The van der Waals surface area contributed by atoms with Crippen molar-refractivity contribution >= 4 is 52.4 Å². The molecule has 11 heteroatoms. The maximum atomic E-state index is 6.41. The van der Waals surface area contributed by atoms with E-state index in [1.807, 2.05) is 26.0 Å². The molecule has 8 nitrogen and oxygen atoms in total. The summed E-state index contributed by atoms with van der Waals surface area (Å²) in [6.07, 6.45) is 3.26. The van der Waals surface area contributed by atoms with Crippen LogP contribution in [0.15, 0.2) is 42.7 Å². The van der Waals surface area contributed by atoms with Gasteiger partial charge in [0.1, 0.15) is 10.9 Å². The Morgan fingerprint density at radius 2 is 1.76 bits per heavy atom. The maximum Gasteiger partial charge on any atom is 0.176 e. The fraction of sp³-hybridized carbons (Fsp3) is 0.364. The van der Waals surface area contributed by atoms with Crippen LogP contribution < -0.4 is 4.90 Å². The molecule has 1 aliphatic heterocycles. The number of nitrogens with one attached hydrogen (secondary N) is 1. The molecule has 0 radical (unpaired) electrons. The fourth-order valence-corrected chi connectivity index (χ4v) is 5.15. The van der Waals surface area contributed by atoms with Crippen LogP contribution >= 0.6 is 35.8 Å². The number of pyridine rings is 1. The first-order chi connectivity index (χ1) is 15.8. The lowest BCUT2D eigenvalue weighted by Crippen LogP contribution is -2.49. The first kappa shape index (κ1) is 22.5. The first-order valence-corrected chi connectivity index (χ1v) is 11.9. The number of H-pyrrole nitrogens is 1. The number of aromatic nitrogens is 6. The van der Waals surface area contributed by atoms with Crippen LogP contribution in [0.2, 0.25) is 10.0 Å². The molecule has 5 rings (SSSR count). The molecule has 1 aromatic carbocycles. The standard InChI is InChI=1S/C22H24Cl2N8S/c1-22(2,33)32-21(27-28-29-32)20(18-11-14-5-3-4-6-17(14)26-18)31-9-7-30(8-10-31)19-15(23)12-25-13-16(19)24/h3-6,11-13,20,26,33H,7-10H2,1-2H3. The fourth-order valence-electron chi connectivity index (χ4n) is 4.41. The topological polar surface area (TPSA) is 78.8 Å². The number of para-hydroxylation sites is 1. The third-order valence-electron chi connectivity index (χ3n) is 5.93. The van der Waals surface area contributed by atoms with Crippen molar-refractivity contribution in [1.82, 2.24) is 35.1 Å². The number of benzene rings is 1. The van der Waals surface area contributed by atoms with Gasteiger partial charge in [0.15, 0.2) is 5.82 Å². The predicted octanol–water partition coefficient (Wildman–Crippen LogP) is 4.39. The second kappa shape index (κ2) is 8.79. The van der Waals surface area contributed by atoms with Gasteiger partial charge in [-0.1, -0.05) is 41.4 Å². The Balaban J connectivity index is 1.50. The SMILES string of the molecule is CC(C)(S)n1nnnc1C(c1cc2ccccc2[nH]1)N1CCN(c2c(Cl)cncc2Cl)CC1. The summed E-state index contributed by atoms with van der Waals surface area (Å²) in [6.45, 7) is 7.01. The van der Waals surface area contributed by atoms with Crippen molar-refractivity contribution in [2.45, 2.75) is 24.8 Å². The van der Waals surface area contributed by atoms with E-state index < -0.39 is 4.87 Å². The summed E-state index contributed by atoms with van der Waals surface area (Å²) in [6, 6.07) is 10.3. The van der Waals surface area contributed by atoms with Crippen LogP contribution in [0.3, 0.4) is 0 Å². The minimum atomic E-state index is -0.553. The van der Waals surface area contributed by atoms with E-state index in [2.05, 4.69) is 53.5 Å². The van der Waals surface area contributed by atoms with Crippen molar-refractivity contribution in [3.8, 4) is 0 Å². The van der Waals surface area contributed by atoms with Crippen molar-refractivity contribution in [2.24, 2.45) is 0 Å². The molecule has 172 valence electrons. The van der Waals surface area contributed by atoms with Gasteiger partial charge >= 0.3 is 0 Å². The van der Waals surface area contributed by atoms with Gasteiger partial charge in [-0.15, -0.1) is 17.7 Å². The first-order valence-electron chi connectivity index (χ1n) is 10.7. The minimum Gasteiger partial charge on any atom is -0.366 e. The molecular formula is C22H24Cl2N8S. The molecule has 4 aromatic rings. The molecule has 0 aliphatic carbocycles. The van der Waals surface area contributed by atoms with E-state index in [1.165, 1.54) is 0 Å². The zero-order valence-corrected chi connectivity index (χ0v) is 20.7. The van der Waals surface area contributed by atoms with Gasteiger partial charge in [0, 0.05) is 49.8 Å². The summed E-state index contributed by atoms with van der Waals surface area (Å²) in [5.74, 6) is 0.745. The monoisotopic (exact) mass is 502 g/mol. The van der Waals surface area contributed by atoms with Gasteiger partial charge in [-0.2, -0.15) is 0 Å². The highest BCUT2D eigenvalue weighted by Crippen LogP contribution is 2.36. The van der Waals surface area contributed by atoms with Crippen molar-refractivity contribution in [2.75, 3.05) is 31.1 Å². The molecule has 0 spiro atoms. The number of rotatable bonds is 5. The average molecular weight is 503 g/mol. The lowest BCUT2D eigenvalue weighted by Gasteiger charge is -2.40. The van der Waals surface area contributed by atoms with Gasteiger partial charge < -0.3 is 9.88 Å². The predicted molar refractivity (Wildman–Crippen MR) is 134 cm³/mol. The van der Waals surface area contributed by atoms with E-state index >= 15 is 0 Å². The Morgan fingerprint density at radius 3 is 2.42 bits per heavy atom. The Hall–Kier alpha value is -2.33. The molecule has 0 amide bonds. The van der Waals surface area contributed by atoms with Crippen molar-refractivity contribution in [1.29, 1.82) is 0 Å². The van der Waals surface area contributed by atoms with Gasteiger partial charge in [-0.05, 0) is 41.8 Å². The summed E-state index contributed by atoms with van der Waals surface area (Å²) >= 11 is 17.6. The van der Waals surface area contributed by atoms with Crippen LogP contribution in [0.4, 0.5) is 5.69 Å². The lowest BCUT2D eigenvalue weighted by molar-refractivity contribution is 0.195. The smallest absolute Gasteiger partial charge is 0.176 e. The molecular weight excluding hydrogens is 479 g/mol. The van der Waals surface area contributed by atoms with Crippen molar-refractivity contribution in [3.63, 3.8) is 0 Å². The summed E-state index contributed by atoms with van der Waals surface area (Å²) in [4.78, 5) is 11.7. The molecule has 1 atom stereocenters. The average Bonchev–Trinajstić information content (AvgIpc) is 3.42. The summed E-state index contributed by atoms with van der Waals surface area (Å²) in [7, 11) is 0. The van der Waals surface area contributed by atoms with E-state index in [-0.39, 0.29) is 6.04 Å². The third kappa shape index (κ3) is 4.30. The number of aromatic amines is 1. The van der Waals surface area contributed by atoms with Crippen LogP contribution in [-0.4, -0.2) is 61.3 Å². The molecule has 0 bridgehead atoms. The van der Waals surface area contributed by atoms with Gasteiger partial charge in [-0.3, -0.25) is 9.88 Å². The Bertz CT molecular complexity index is 1220. The molecule has 3 aromatic heterocycles. The molecule has 0 saturated carbocycles. The van der Waals surface area contributed by atoms with Crippen LogP contribution in [-0.2, 0) is 4.87 Å².